The molecule has 7 nitrogen and oxygen atoms in total. The minimum Gasteiger partial charge on any atom is -0.348 e. The first-order valence-electron chi connectivity index (χ1n) is 7.92. The standard InChI is InChI=1S/C18H22N6O/c19-11-18(25)23-12-17(21)24(13-15-6-8-22-9-7-15)16(20)10-14-4-2-1-3-5-14/h1-9,20-21H,10-13,19H2,(H,23,25). The molecule has 7 heteroatoms. The van der Waals surface area contributed by atoms with Crippen LogP contribution in [0, 0.1) is 10.8 Å². The lowest BCUT2D eigenvalue weighted by atomic mass is 10.1. The summed E-state index contributed by atoms with van der Waals surface area (Å²) in [6, 6.07) is 13.3. The lowest BCUT2D eigenvalue weighted by molar-refractivity contribution is -0.119. The minimum atomic E-state index is -0.330. The highest BCUT2D eigenvalue weighted by Gasteiger charge is 2.17. The molecule has 2 rings (SSSR count). The number of benzene rings is 1. The molecule has 1 amide bonds. The summed E-state index contributed by atoms with van der Waals surface area (Å²) in [6.07, 6.45) is 3.75. The maximum Gasteiger partial charge on any atom is 0.234 e. The normalized spacial score (nSPS) is 10.1. The van der Waals surface area contributed by atoms with Gasteiger partial charge in [0.2, 0.25) is 5.91 Å². The van der Waals surface area contributed by atoms with Crippen LogP contribution in [0.3, 0.4) is 0 Å². The number of aromatic nitrogens is 1. The van der Waals surface area contributed by atoms with Gasteiger partial charge in [0.25, 0.3) is 0 Å². The van der Waals surface area contributed by atoms with Gasteiger partial charge in [0.1, 0.15) is 11.7 Å². The topological polar surface area (TPSA) is 119 Å². The summed E-state index contributed by atoms with van der Waals surface area (Å²) in [4.78, 5) is 16.9. The van der Waals surface area contributed by atoms with Gasteiger partial charge in [0.15, 0.2) is 0 Å². The van der Waals surface area contributed by atoms with Crippen molar-refractivity contribution < 1.29 is 4.79 Å². The zero-order valence-corrected chi connectivity index (χ0v) is 13.9. The number of rotatable bonds is 7. The lowest BCUT2D eigenvalue weighted by Gasteiger charge is -2.26. The molecule has 0 saturated heterocycles. The van der Waals surface area contributed by atoms with Gasteiger partial charge >= 0.3 is 0 Å². The van der Waals surface area contributed by atoms with E-state index in [9.17, 15) is 4.79 Å². The molecule has 2 aromatic rings. The largest absolute Gasteiger partial charge is 0.348 e. The van der Waals surface area contributed by atoms with Crippen LogP contribution < -0.4 is 11.1 Å². The lowest BCUT2D eigenvalue weighted by Crippen LogP contribution is -2.44. The first-order valence-corrected chi connectivity index (χ1v) is 7.92. The maximum atomic E-state index is 11.3. The molecule has 0 fully saturated rings. The Bertz CT molecular complexity index is 717. The van der Waals surface area contributed by atoms with E-state index in [-0.39, 0.29) is 30.7 Å². The number of nitrogens with zero attached hydrogens (tertiary/aromatic N) is 2. The summed E-state index contributed by atoms with van der Waals surface area (Å²) in [5.74, 6) is 0.0951. The van der Waals surface area contributed by atoms with Crippen LogP contribution in [0.5, 0.6) is 0 Å². The summed E-state index contributed by atoms with van der Waals surface area (Å²) in [5, 5.41) is 19.3. The number of hydrogen-bond acceptors (Lipinski definition) is 5. The number of nitrogens with two attached hydrogens (primary N) is 1. The van der Waals surface area contributed by atoms with E-state index in [1.54, 1.807) is 17.3 Å². The van der Waals surface area contributed by atoms with E-state index in [1.807, 2.05) is 42.5 Å². The van der Waals surface area contributed by atoms with Gasteiger partial charge in [-0.05, 0) is 23.3 Å². The second-order valence-corrected chi connectivity index (χ2v) is 5.48. The molecule has 0 bridgehead atoms. The Morgan fingerprint density at radius 1 is 1.04 bits per heavy atom. The molecule has 0 radical (unpaired) electrons. The van der Waals surface area contributed by atoms with Crippen molar-refractivity contribution in [1.29, 1.82) is 10.8 Å². The average Bonchev–Trinajstić information content (AvgIpc) is 2.65. The maximum absolute atomic E-state index is 11.3. The van der Waals surface area contributed by atoms with Gasteiger partial charge in [-0.3, -0.25) is 20.6 Å². The Kier molecular flexibility index (Phi) is 6.79. The predicted octanol–water partition coefficient (Wildman–Crippen LogP) is 1.16. The molecule has 0 saturated carbocycles. The zero-order valence-electron chi connectivity index (χ0n) is 13.9. The average molecular weight is 338 g/mol. The quantitative estimate of drug-likeness (QED) is 0.447. The molecule has 0 aliphatic carbocycles. The number of carbonyl (C=O) groups is 1. The van der Waals surface area contributed by atoms with Crippen LogP contribution in [0.1, 0.15) is 11.1 Å². The third-order valence-electron chi connectivity index (χ3n) is 3.59. The van der Waals surface area contributed by atoms with Crippen molar-refractivity contribution in [3.05, 3.63) is 66.0 Å². The smallest absolute Gasteiger partial charge is 0.234 e. The highest BCUT2D eigenvalue weighted by atomic mass is 16.1. The fourth-order valence-electron chi connectivity index (χ4n) is 2.26. The fraction of sp³-hybridized carbons (Fsp3) is 0.222. The van der Waals surface area contributed by atoms with Crippen LogP contribution >= 0.6 is 0 Å². The van der Waals surface area contributed by atoms with Gasteiger partial charge < -0.3 is 16.0 Å². The highest BCUT2D eigenvalue weighted by molar-refractivity contribution is 6.00. The fourth-order valence-corrected chi connectivity index (χ4v) is 2.26. The second-order valence-electron chi connectivity index (χ2n) is 5.48. The predicted molar refractivity (Wildman–Crippen MR) is 97.4 cm³/mol. The van der Waals surface area contributed by atoms with E-state index in [0.29, 0.717) is 13.0 Å². The first kappa shape index (κ1) is 18.3. The van der Waals surface area contributed by atoms with Crippen LogP contribution in [0.2, 0.25) is 0 Å². The molecule has 0 atom stereocenters. The van der Waals surface area contributed by atoms with Crippen LogP contribution in [-0.4, -0.2) is 40.6 Å². The Labute approximate surface area is 146 Å². The van der Waals surface area contributed by atoms with Crippen molar-refractivity contribution in [3.63, 3.8) is 0 Å². The van der Waals surface area contributed by atoms with Gasteiger partial charge in [-0.1, -0.05) is 30.3 Å². The van der Waals surface area contributed by atoms with Crippen molar-refractivity contribution in [2.75, 3.05) is 13.1 Å². The van der Waals surface area contributed by atoms with E-state index in [4.69, 9.17) is 16.6 Å². The molecule has 1 heterocycles. The van der Waals surface area contributed by atoms with Gasteiger partial charge in [-0.2, -0.15) is 0 Å². The van der Waals surface area contributed by atoms with E-state index in [0.717, 1.165) is 11.1 Å². The van der Waals surface area contributed by atoms with Crippen molar-refractivity contribution in [3.8, 4) is 0 Å². The molecule has 1 aromatic heterocycles. The molecule has 0 spiro atoms. The molecule has 25 heavy (non-hydrogen) atoms. The third kappa shape index (κ3) is 5.82. The van der Waals surface area contributed by atoms with E-state index < -0.39 is 0 Å². The van der Waals surface area contributed by atoms with E-state index >= 15 is 0 Å². The molecule has 5 N–H and O–H groups in total. The molecule has 0 aliphatic rings. The Hall–Kier alpha value is -3.06. The van der Waals surface area contributed by atoms with E-state index in [2.05, 4.69) is 10.3 Å². The Balaban J connectivity index is 2.11. The SMILES string of the molecule is N=C(CNC(=O)CN)N(Cc1ccncc1)C(=N)Cc1ccccc1. The van der Waals surface area contributed by atoms with Crippen molar-refractivity contribution in [1.82, 2.24) is 15.2 Å². The Morgan fingerprint density at radius 2 is 1.72 bits per heavy atom. The molecule has 130 valence electrons. The first-order chi connectivity index (χ1) is 12.1. The number of nitrogens with one attached hydrogen (secondary N) is 3. The van der Waals surface area contributed by atoms with Gasteiger partial charge in [0, 0.05) is 18.8 Å². The number of amidine groups is 2. The third-order valence-corrected chi connectivity index (χ3v) is 3.59. The number of carbonyl (C=O) groups excluding carboxylic acids is 1. The Morgan fingerprint density at radius 3 is 2.36 bits per heavy atom. The van der Waals surface area contributed by atoms with Crippen LogP contribution in [-0.2, 0) is 17.8 Å². The van der Waals surface area contributed by atoms with Gasteiger partial charge in [-0.25, -0.2) is 0 Å². The molecule has 1 aromatic carbocycles. The number of hydrogen-bond donors (Lipinski definition) is 4. The number of amides is 1. The second kappa shape index (κ2) is 9.29. The van der Waals surface area contributed by atoms with Gasteiger partial charge in [-0.15, -0.1) is 0 Å². The summed E-state index contributed by atoms with van der Waals surface area (Å²) in [5.41, 5.74) is 7.20. The molecule has 0 unspecified atom stereocenters. The zero-order chi connectivity index (χ0) is 18.1. The summed E-state index contributed by atoms with van der Waals surface area (Å²) in [6.45, 7) is 0.267. The molecule has 0 aliphatic heterocycles. The molecular weight excluding hydrogens is 316 g/mol. The number of pyridine rings is 1. The van der Waals surface area contributed by atoms with Crippen molar-refractivity contribution in [2.24, 2.45) is 5.73 Å². The monoisotopic (exact) mass is 338 g/mol. The van der Waals surface area contributed by atoms with Crippen LogP contribution in [0.4, 0.5) is 0 Å². The van der Waals surface area contributed by atoms with Gasteiger partial charge in [0.05, 0.1) is 19.6 Å². The molecular formula is C18H22N6O. The van der Waals surface area contributed by atoms with Crippen molar-refractivity contribution in [2.45, 2.75) is 13.0 Å². The highest BCUT2D eigenvalue weighted by Crippen LogP contribution is 2.09. The van der Waals surface area contributed by atoms with E-state index in [1.165, 1.54) is 0 Å². The van der Waals surface area contributed by atoms with Crippen LogP contribution in [0.15, 0.2) is 54.9 Å². The summed E-state index contributed by atoms with van der Waals surface area (Å²) < 4.78 is 0. The van der Waals surface area contributed by atoms with Crippen molar-refractivity contribution >= 4 is 17.6 Å². The van der Waals surface area contributed by atoms with Crippen LogP contribution in [0.25, 0.3) is 0 Å². The summed E-state index contributed by atoms with van der Waals surface area (Å²) in [7, 11) is 0. The minimum absolute atomic E-state index is 0.0261. The summed E-state index contributed by atoms with van der Waals surface area (Å²) >= 11 is 0.